The Morgan fingerprint density at radius 3 is 2.75 bits per heavy atom. The van der Waals surface area contributed by atoms with Crippen molar-refractivity contribution < 1.29 is 4.79 Å². The van der Waals surface area contributed by atoms with Gasteiger partial charge in [0.1, 0.15) is 0 Å². The highest BCUT2D eigenvalue weighted by Gasteiger charge is 2.38. The van der Waals surface area contributed by atoms with Crippen molar-refractivity contribution in [2.24, 2.45) is 11.8 Å². The van der Waals surface area contributed by atoms with Crippen molar-refractivity contribution in [3.05, 3.63) is 47.8 Å². The van der Waals surface area contributed by atoms with Crippen molar-refractivity contribution in [2.75, 3.05) is 25.0 Å². The van der Waals surface area contributed by atoms with Crippen LogP contribution in [0.1, 0.15) is 41.1 Å². The van der Waals surface area contributed by atoms with Gasteiger partial charge < -0.3 is 10.2 Å². The van der Waals surface area contributed by atoms with Crippen molar-refractivity contribution in [2.45, 2.75) is 25.2 Å². The molecular formula is C19H24N4O. The molecule has 2 N–H and O–H groups in total. The van der Waals surface area contributed by atoms with Crippen LogP contribution in [0.25, 0.3) is 0 Å². The molecule has 126 valence electrons. The molecule has 1 amide bonds. The van der Waals surface area contributed by atoms with E-state index in [1.165, 1.54) is 31.4 Å². The fourth-order valence-electron chi connectivity index (χ4n) is 3.30. The number of aromatic nitrogens is 2. The van der Waals surface area contributed by atoms with Gasteiger partial charge in [-0.25, -0.2) is 0 Å². The van der Waals surface area contributed by atoms with Crippen molar-refractivity contribution in [1.29, 1.82) is 0 Å². The lowest BCUT2D eigenvalue weighted by atomic mass is 10.1. The summed E-state index contributed by atoms with van der Waals surface area (Å²) >= 11 is 0. The molecule has 5 heteroatoms. The number of nitrogens with zero attached hydrogens (tertiary/aromatic N) is 2. The number of carbonyl (C=O) groups excluding carboxylic acids is 1. The van der Waals surface area contributed by atoms with E-state index in [1.54, 1.807) is 24.3 Å². The van der Waals surface area contributed by atoms with Gasteiger partial charge in [-0.3, -0.25) is 9.89 Å². The van der Waals surface area contributed by atoms with Crippen molar-refractivity contribution in [3.63, 3.8) is 0 Å². The minimum atomic E-state index is -0.0509. The molecule has 0 saturated heterocycles. The van der Waals surface area contributed by atoms with Gasteiger partial charge >= 0.3 is 0 Å². The zero-order valence-corrected chi connectivity index (χ0v) is 14.0. The Morgan fingerprint density at radius 1 is 1.29 bits per heavy atom. The van der Waals surface area contributed by atoms with Crippen LogP contribution in [0, 0.1) is 11.8 Å². The zero-order valence-electron chi connectivity index (χ0n) is 14.0. The Hall–Kier alpha value is -2.14. The molecule has 2 atom stereocenters. The average Bonchev–Trinajstić information content (AvgIpc) is 3.53. The van der Waals surface area contributed by atoms with Gasteiger partial charge in [0.05, 0.1) is 11.8 Å². The number of rotatable bonds is 7. The molecule has 2 aliphatic carbocycles. The quantitative estimate of drug-likeness (QED) is 0.823. The van der Waals surface area contributed by atoms with Crippen LogP contribution in [0.15, 0.2) is 36.7 Å². The van der Waals surface area contributed by atoms with Gasteiger partial charge in [-0.15, -0.1) is 0 Å². The molecule has 0 spiro atoms. The predicted octanol–water partition coefficient (Wildman–Crippen LogP) is 2.79. The van der Waals surface area contributed by atoms with Gasteiger partial charge in [-0.1, -0.05) is 12.1 Å². The number of H-pyrrole nitrogens is 1. The first-order chi connectivity index (χ1) is 11.7. The average molecular weight is 324 g/mol. The highest BCUT2D eigenvalue weighted by molar-refractivity contribution is 6.05. The molecule has 24 heavy (non-hydrogen) atoms. The third-order valence-electron chi connectivity index (χ3n) is 5.22. The number of nitrogens with one attached hydrogen (secondary N) is 2. The molecule has 1 heterocycles. The maximum absolute atomic E-state index is 12.3. The molecule has 4 rings (SSSR count). The summed E-state index contributed by atoms with van der Waals surface area (Å²) in [5, 5.41) is 10.1. The summed E-state index contributed by atoms with van der Waals surface area (Å²) in [7, 11) is 1.80. The number of benzene rings is 1. The van der Waals surface area contributed by atoms with Crippen LogP contribution >= 0.6 is 0 Å². The summed E-state index contributed by atoms with van der Waals surface area (Å²) in [6, 6.07) is 8.42. The Labute approximate surface area is 142 Å². The van der Waals surface area contributed by atoms with E-state index in [2.05, 4.69) is 27.6 Å². The van der Waals surface area contributed by atoms with Crippen LogP contribution in [-0.4, -0.2) is 36.2 Å². The molecule has 0 radical (unpaired) electrons. The van der Waals surface area contributed by atoms with Crippen LogP contribution in [0.5, 0.6) is 0 Å². The van der Waals surface area contributed by atoms with Gasteiger partial charge in [0.25, 0.3) is 5.91 Å². The van der Waals surface area contributed by atoms with E-state index in [9.17, 15) is 4.79 Å². The van der Waals surface area contributed by atoms with E-state index in [0.717, 1.165) is 24.1 Å². The first-order valence-electron chi connectivity index (χ1n) is 8.80. The zero-order chi connectivity index (χ0) is 16.5. The molecule has 2 fully saturated rings. The van der Waals surface area contributed by atoms with Crippen molar-refractivity contribution >= 4 is 11.6 Å². The van der Waals surface area contributed by atoms with Gasteiger partial charge in [-0.05, 0) is 67.8 Å². The van der Waals surface area contributed by atoms with Crippen LogP contribution < -0.4 is 10.2 Å². The number of carbonyl (C=O) groups is 1. The normalized spacial score (nSPS) is 22.4. The van der Waals surface area contributed by atoms with E-state index >= 15 is 0 Å². The summed E-state index contributed by atoms with van der Waals surface area (Å²) in [5.41, 5.74) is 2.88. The topological polar surface area (TPSA) is 61.0 Å². The lowest BCUT2D eigenvalue weighted by Gasteiger charge is -2.16. The third-order valence-corrected chi connectivity index (χ3v) is 5.22. The van der Waals surface area contributed by atoms with Crippen LogP contribution in [0.3, 0.4) is 0 Å². The Balaban J connectivity index is 1.32. The fraction of sp³-hybridized carbons (Fsp3) is 0.474. The second-order valence-electron chi connectivity index (χ2n) is 7.15. The Kier molecular flexibility index (Phi) is 4.10. The standard InChI is InChI=1S/C19H24N4O/c1-23(19(24)16-11-21-22-12-16)17-6-4-14(5-7-17)18-8-15(18)10-20-9-13-2-3-13/h4-7,11-13,15,18,20H,2-3,8-10H2,1H3,(H,21,22). The second kappa shape index (κ2) is 6.40. The molecule has 2 aliphatic rings. The number of hydrogen-bond acceptors (Lipinski definition) is 3. The monoisotopic (exact) mass is 324 g/mol. The molecule has 5 nitrogen and oxygen atoms in total. The summed E-state index contributed by atoms with van der Waals surface area (Å²) < 4.78 is 0. The first-order valence-corrected chi connectivity index (χ1v) is 8.80. The highest BCUT2D eigenvalue weighted by Crippen LogP contribution is 2.47. The smallest absolute Gasteiger partial charge is 0.261 e. The summed E-state index contributed by atoms with van der Waals surface area (Å²) in [6.07, 6.45) is 7.27. The van der Waals surface area contributed by atoms with Crippen molar-refractivity contribution in [3.8, 4) is 0 Å². The van der Waals surface area contributed by atoms with E-state index in [-0.39, 0.29) is 5.91 Å². The summed E-state index contributed by atoms with van der Waals surface area (Å²) in [6.45, 7) is 2.34. The molecular weight excluding hydrogens is 300 g/mol. The lowest BCUT2D eigenvalue weighted by molar-refractivity contribution is 0.0993. The molecule has 0 aliphatic heterocycles. The SMILES string of the molecule is CN(C(=O)c1cn[nH]c1)c1ccc(C2CC2CNCC2CC2)cc1. The van der Waals surface area contributed by atoms with Crippen LogP contribution in [0.4, 0.5) is 5.69 Å². The van der Waals surface area contributed by atoms with E-state index < -0.39 is 0 Å². The molecule has 2 unspecified atom stereocenters. The number of amides is 1. The minimum absolute atomic E-state index is 0.0509. The van der Waals surface area contributed by atoms with Gasteiger partial charge in [0.2, 0.25) is 0 Å². The molecule has 1 aromatic heterocycles. The number of anilines is 1. The molecule has 1 aromatic carbocycles. The second-order valence-corrected chi connectivity index (χ2v) is 7.15. The Bertz CT molecular complexity index is 691. The van der Waals surface area contributed by atoms with E-state index in [1.807, 2.05) is 12.1 Å². The Morgan fingerprint density at radius 2 is 2.08 bits per heavy atom. The van der Waals surface area contributed by atoms with Gasteiger partial charge in [0.15, 0.2) is 0 Å². The molecule has 2 aromatic rings. The van der Waals surface area contributed by atoms with E-state index in [0.29, 0.717) is 11.5 Å². The largest absolute Gasteiger partial charge is 0.316 e. The third kappa shape index (κ3) is 3.36. The number of aromatic amines is 1. The number of hydrogen-bond donors (Lipinski definition) is 2. The molecule has 0 bridgehead atoms. The summed E-state index contributed by atoms with van der Waals surface area (Å²) in [4.78, 5) is 14.0. The maximum Gasteiger partial charge on any atom is 0.261 e. The highest BCUT2D eigenvalue weighted by atomic mass is 16.2. The first kappa shape index (κ1) is 15.4. The van der Waals surface area contributed by atoms with Crippen LogP contribution in [-0.2, 0) is 0 Å². The van der Waals surface area contributed by atoms with Crippen molar-refractivity contribution in [1.82, 2.24) is 15.5 Å². The molecule has 2 saturated carbocycles. The summed E-state index contributed by atoms with van der Waals surface area (Å²) in [5.74, 6) is 2.36. The van der Waals surface area contributed by atoms with Crippen LogP contribution in [0.2, 0.25) is 0 Å². The predicted molar refractivity (Wildman–Crippen MR) is 94.2 cm³/mol. The lowest BCUT2D eigenvalue weighted by Crippen LogP contribution is -2.25. The van der Waals surface area contributed by atoms with E-state index in [4.69, 9.17) is 0 Å². The fourth-order valence-corrected chi connectivity index (χ4v) is 3.30. The van der Waals surface area contributed by atoms with Gasteiger partial charge in [-0.2, -0.15) is 5.10 Å². The van der Waals surface area contributed by atoms with Gasteiger partial charge in [0, 0.05) is 18.9 Å². The maximum atomic E-state index is 12.3. The minimum Gasteiger partial charge on any atom is -0.316 e.